The molecule has 0 radical (unpaired) electrons. The maximum atomic E-state index is 16.2. The molecule has 3 saturated heterocycles. The molecule has 2 N–H and O–H groups in total. The maximum absolute atomic E-state index is 16.2. The lowest BCUT2D eigenvalue weighted by Gasteiger charge is -2.34. The molecule has 1 aliphatic carbocycles. The highest BCUT2D eigenvalue weighted by atomic mass is 35.5. The van der Waals surface area contributed by atoms with E-state index in [4.69, 9.17) is 26.1 Å². The molecule has 1 amide bonds. The minimum Gasteiger partial charge on any atom is -0.508 e. The van der Waals surface area contributed by atoms with Gasteiger partial charge < -0.3 is 24.8 Å². The summed E-state index contributed by atoms with van der Waals surface area (Å²) in [7, 11) is 0. The lowest BCUT2D eigenvalue weighted by molar-refractivity contribution is 0.108. The van der Waals surface area contributed by atoms with E-state index in [-0.39, 0.29) is 46.2 Å². The van der Waals surface area contributed by atoms with Crippen LogP contribution >= 0.6 is 11.6 Å². The fourth-order valence-corrected chi connectivity index (χ4v) is 6.76. The van der Waals surface area contributed by atoms with Gasteiger partial charge in [-0.3, -0.25) is 9.88 Å². The summed E-state index contributed by atoms with van der Waals surface area (Å²) >= 11 is 6.13. The number of halogens is 2. The van der Waals surface area contributed by atoms with Gasteiger partial charge in [0.2, 0.25) is 0 Å². The molecular weight excluding hydrogens is 587 g/mol. The summed E-state index contributed by atoms with van der Waals surface area (Å²) in [6, 6.07) is 4.27. The predicted octanol–water partition coefficient (Wildman–Crippen LogP) is 6.08. The Morgan fingerprint density at radius 1 is 1.11 bits per heavy atom. The quantitative estimate of drug-likeness (QED) is 0.322. The van der Waals surface area contributed by atoms with Crippen molar-refractivity contribution in [1.29, 1.82) is 0 Å². The zero-order valence-corrected chi connectivity index (χ0v) is 25.9. The highest BCUT2D eigenvalue weighted by Gasteiger charge is 2.45. The number of carbonyl (C=O) groups excluding carboxylic acids is 1. The van der Waals surface area contributed by atoms with Gasteiger partial charge in [-0.1, -0.05) is 30.9 Å². The van der Waals surface area contributed by atoms with Crippen molar-refractivity contribution in [2.75, 3.05) is 44.3 Å². The number of rotatable bonds is 7. The van der Waals surface area contributed by atoms with Crippen molar-refractivity contribution in [3.8, 4) is 23.0 Å². The van der Waals surface area contributed by atoms with E-state index in [0.29, 0.717) is 36.5 Å². The zero-order valence-electron chi connectivity index (χ0n) is 25.2. The minimum atomic E-state index is -0.655. The van der Waals surface area contributed by atoms with E-state index in [9.17, 15) is 9.90 Å². The van der Waals surface area contributed by atoms with Gasteiger partial charge in [0.1, 0.15) is 29.4 Å². The summed E-state index contributed by atoms with van der Waals surface area (Å²) in [6.07, 6.45) is 11.5. The molecule has 2 aromatic heterocycles. The Bertz CT molecular complexity index is 1470. The van der Waals surface area contributed by atoms with Crippen molar-refractivity contribution in [2.45, 2.75) is 76.3 Å². The fourth-order valence-electron chi connectivity index (χ4n) is 6.53. The number of hydrogen-bond acceptors (Lipinski definition) is 9. The largest absolute Gasteiger partial charge is 0.508 e. The third kappa shape index (κ3) is 6.78. The number of pyridine rings is 1. The molecule has 0 bridgehead atoms. The molecule has 1 unspecified atom stereocenters. The first-order valence-corrected chi connectivity index (χ1v) is 16.2. The topological polar surface area (TPSA) is 113 Å². The van der Waals surface area contributed by atoms with Crippen LogP contribution in [-0.2, 0) is 4.74 Å². The van der Waals surface area contributed by atoms with E-state index in [1.54, 1.807) is 19.2 Å². The lowest BCUT2D eigenvalue weighted by Crippen LogP contribution is -2.48. The smallest absolute Gasteiger partial charge is 0.407 e. The van der Waals surface area contributed by atoms with Gasteiger partial charge in [0.15, 0.2) is 5.82 Å². The first-order valence-electron chi connectivity index (χ1n) is 15.8. The predicted molar refractivity (Wildman–Crippen MR) is 167 cm³/mol. The minimum absolute atomic E-state index is 0.0164. The number of nitrogens with one attached hydrogen (secondary N) is 1. The molecule has 4 fully saturated rings. The number of phenolic OH excluding ortho intramolecular Hbond substituents is 1. The summed E-state index contributed by atoms with van der Waals surface area (Å²) in [5, 5.41) is 13.7. The SMILES string of the molecule is C1CC1.CCOC(=O)NC1CCCN(c2nc(OCC34CCCN3CCC4)nc3c(F)c(-c4cc(O)cc(Cl)c4)ncc23)C1. The molecule has 0 spiro atoms. The Labute approximate surface area is 261 Å². The number of ether oxygens (including phenoxy) is 2. The summed E-state index contributed by atoms with van der Waals surface area (Å²) in [4.78, 5) is 30.3. The number of phenols is 1. The van der Waals surface area contributed by atoms with E-state index in [1.807, 2.05) is 4.90 Å². The molecule has 1 saturated carbocycles. The number of aromatic hydroxyl groups is 1. The number of piperidine rings is 1. The molecule has 7 rings (SSSR count). The van der Waals surface area contributed by atoms with Gasteiger partial charge in [-0.15, -0.1) is 0 Å². The number of nitrogens with zero attached hydrogens (tertiary/aromatic N) is 5. The first kappa shape index (κ1) is 30.6. The van der Waals surface area contributed by atoms with Crippen molar-refractivity contribution in [3.05, 3.63) is 35.2 Å². The van der Waals surface area contributed by atoms with Crippen molar-refractivity contribution < 1.29 is 23.8 Å². The molecule has 236 valence electrons. The standard InChI is InChI=1S/C29H34ClFN6O4.C3H6/c1-2-40-28(39)33-20-6-3-9-36(16-20)26-22-15-32-24(18-12-19(30)14-21(38)13-18)23(31)25(22)34-27(35-26)41-17-29-7-4-10-37(29)11-5-8-29;1-2-3-1/h12-15,20,38H,2-11,16-17H2,1H3,(H,33,39);1-3H2. The summed E-state index contributed by atoms with van der Waals surface area (Å²) < 4.78 is 27.5. The number of aromatic nitrogens is 3. The van der Waals surface area contributed by atoms with Crippen molar-refractivity contribution >= 4 is 34.4 Å². The van der Waals surface area contributed by atoms with Gasteiger partial charge in [-0.25, -0.2) is 9.18 Å². The Hall–Kier alpha value is -3.44. The maximum Gasteiger partial charge on any atom is 0.407 e. The van der Waals surface area contributed by atoms with Crippen LogP contribution < -0.4 is 15.0 Å². The van der Waals surface area contributed by atoms with E-state index < -0.39 is 11.9 Å². The lowest BCUT2D eigenvalue weighted by atomic mass is 9.95. The van der Waals surface area contributed by atoms with Crippen LogP contribution in [0.4, 0.5) is 15.0 Å². The molecule has 3 aromatic rings. The van der Waals surface area contributed by atoms with Gasteiger partial charge in [0.25, 0.3) is 0 Å². The Balaban J connectivity index is 0.00000108. The molecule has 1 aromatic carbocycles. The van der Waals surface area contributed by atoms with Gasteiger partial charge in [-0.05, 0) is 76.7 Å². The molecular formula is C32H40ClFN6O4. The first-order chi connectivity index (χ1) is 21.3. The van der Waals surface area contributed by atoms with Crippen LogP contribution in [0.15, 0.2) is 24.4 Å². The van der Waals surface area contributed by atoms with Gasteiger partial charge >= 0.3 is 12.1 Å². The number of carbonyl (C=O) groups is 1. The number of fused-ring (bicyclic) bond motifs is 2. The van der Waals surface area contributed by atoms with E-state index >= 15 is 4.39 Å². The van der Waals surface area contributed by atoms with Gasteiger partial charge in [0, 0.05) is 35.9 Å². The average molecular weight is 627 g/mol. The van der Waals surface area contributed by atoms with Crippen LogP contribution in [-0.4, -0.2) is 82.0 Å². The molecule has 3 aliphatic heterocycles. The molecule has 1 atom stereocenters. The number of benzene rings is 1. The number of hydrogen-bond donors (Lipinski definition) is 2. The normalized spacial score (nSPS) is 20.5. The second-order valence-electron chi connectivity index (χ2n) is 12.1. The zero-order chi connectivity index (χ0) is 30.7. The molecule has 4 aliphatic rings. The monoisotopic (exact) mass is 626 g/mol. The summed E-state index contributed by atoms with van der Waals surface area (Å²) in [5.41, 5.74) is 0.392. The number of anilines is 1. The number of amides is 1. The van der Waals surface area contributed by atoms with Crippen molar-refractivity contribution in [3.63, 3.8) is 0 Å². The summed E-state index contributed by atoms with van der Waals surface area (Å²) in [6.45, 7) is 5.74. The third-order valence-corrected chi connectivity index (χ3v) is 8.97. The van der Waals surface area contributed by atoms with Crippen LogP contribution in [0.2, 0.25) is 5.02 Å². The van der Waals surface area contributed by atoms with E-state index in [2.05, 4.69) is 20.2 Å². The Morgan fingerprint density at radius 3 is 2.59 bits per heavy atom. The second-order valence-corrected chi connectivity index (χ2v) is 12.6. The Kier molecular flexibility index (Phi) is 9.23. The molecule has 44 heavy (non-hydrogen) atoms. The molecule has 12 heteroatoms. The van der Waals surface area contributed by atoms with E-state index in [1.165, 1.54) is 31.4 Å². The van der Waals surface area contributed by atoms with Crippen molar-refractivity contribution in [2.24, 2.45) is 0 Å². The Morgan fingerprint density at radius 2 is 1.89 bits per heavy atom. The number of alkyl carbamates (subject to hydrolysis) is 1. The highest BCUT2D eigenvalue weighted by Crippen LogP contribution is 2.40. The fraction of sp³-hybridized carbons (Fsp3) is 0.562. The summed E-state index contributed by atoms with van der Waals surface area (Å²) in [5.74, 6) is -0.247. The average Bonchev–Trinajstić information content (AvgIpc) is 3.75. The van der Waals surface area contributed by atoms with Crippen LogP contribution in [0, 0.1) is 5.82 Å². The van der Waals surface area contributed by atoms with Crippen molar-refractivity contribution in [1.82, 2.24) is 25.2 Å². The van der Waals surface area contributed by atoms with Crippen LogP contribution in [0.1, 0.15) is 64.7 Å². The van der Waals surface area contributed by atoms with Crippen LogP contribution in [0.25, 0.3) is 22.2 Å². The highest BCUT2D eigenvalue weighted by molar-refractivity contribution is 6.31. The second kappa shape index (κ2) is 13.3. The third-order valence-electron chi connectivity index (χ3n) is 8.75. The van der Waals surface area contributed by atoms with Gasteiger partial charge in [-0.2, -0.15) is 9.97 Å². The van der Waals surface area contributed by atoms with Crippen LogP contribution in [0.3, 0.4) is 0 Å². The van der Waals surface area contributed by atoms with E-state index in [0.717, 1.165) is 51.6 Å². The van der Waals surface area contributed by atoms with Crippen LogP contribution in [0.5, 0.6) is 11.8 Å². The van der Waals surface area contributed by atoms with Gasteiger partial charge in [0.05, 0.1) is 17.5 Å². The molecule has 5 heterocycles. The molecule has 10 nitrogen and oxygen atoms in total.